The van der Waals surface area contributed by atoms with Crippen LogP contribution in [-0.4, -0.2) is 21.9 Å². The van der Waals surface area contributed by atoms with E-state index in [1.54, 1.807) is 17.0 Å². The van der Waals surface area contributed by atoms with Crippen molar-refractivity contribution in [2.45, 2.75) is 20.5 Å². The van der Waals surface area contributed by atoms with Gasteiger partial charge in [-0.05, 0) is 73.0 Å². The highest BCUT2D eigenvalue weighted by Gasteiger charge is 2.16. The Balaban J connectivity index is 1.28. The summed E-state index contributed by atoms with van der Waals surface area (Å²) in [7, 11) is 0. The Morgan fingerprint density at radius 1 is 0.868 bits per heavy atom. The van der Waals surface area contributed by atoms with Crippen LogP contribution in [-0.2, 0) is 6.61 Å². The number of rotatable bonds is 8. The molecule has 0 radical (unpaired) electrons. The topological polar surface area (TPSA) is 68.5 Å². The molecule has 0 aliphatic heterocycles. The monoisotopic (exact) mass is 500 g/mol. The zero-order valence-electron chi connectivity index (χ0n) is 21.3. The number of carbonyl (C=O) groups is 1. The van der Waals surface area contributed by atoms with E-state index in [0.29, 0.717) is 6.61 Å². The van der Waals surface area contributed by atoms with E-state index in [4.69, 9.17) is 4.74 Å². The normalized spacial score (nSPS) is 11.0. The molecule has 1 amide bonds. The minimum absolute atomic E-state index is 0.281. The largest absolute Gasteiger partial charge is 0.489 e. The van der Waals surface area contributed by atoms with Crippen LogP contribution in [0.3, 0.4) is 0 Å². The van der Waals surface area contributed by atoms with Crippen molar-refractivity contribution in [2.24, 2.45) is 5.10 Å². The van der Waals surface area contributed by atoms with Crippen molar-refractivity contribution >= 4 is 12.1 Å². The smallest absolute Gasteiger partial charge is 0.291 e. The van der Waals surface area contributed by atoms with Crippen LogP contribution in [0.2, 0.25) is 0 Å². The first kappa shape index (κ1) is 24.7. The Morgan fingerprint density at radius 2 is 1.63 bits per heavy atom. The number of aryl methyl sites for hydroxylation is 2. The lowest BCUT2D eigenvalue weighted by atomic mass is 10.1. The van der Waals surface area contributed by atoms with Crippen LogP contribution >= 0.6 is 0 Å². The molecule has 0 atom stereocenters. The molecule has 0 saturated carbocycles. The molecule has 0 unspecified atom stereocenters. The SMILES string of the molecule is Cc1ccc(-c2cc(C(=O)N/N=C\c3ccc(OCc4ccccc4)cc3)nn2-c2cccc(C)c2)cc1. The zero-order chi connectivity index (χ0) is 26.3. The van der Waals surface area contributed by atoms with Crippen LogP contribution in [0.25, 0.3) is 16.9 Å². The molecular formula is C32H28N4O2. The molecule has 1 N–H and O–H groups in total. The highest BCUT2D eigenvalue weighted by Crippen LogP contribution is 2.25. The molecule has 6 nitrogen and oxygen atoms in total. The highest BCUT2D eigenvalue weighted by atomic mass is 16.5. The lowest BCUT2D eigenvalue weighted by Crippen LogP contribution is -2.18. The Bertz CT molecular complexity index is 1550. The second-order valence-electron chi connectivity index (χ2n) is 9.07. The van der Waals surface area contributed by atoms with Crippen molar-refractivity contribution in [3.05, 3.63) is 137 Å². The summed E-state index contributed by atoms with van der Waals surface area (Å²) >= 11 is 0. The maximum Gasteiger partial charge on any atom is 0.291 e. The minimum Gasteiger partial charge on any atom is -0.489 e. The fourth-order valence-corrected chi connectivity index (χ4v) is 3.99. The van der Waals surface area contributed by atoms with Gasteiger partial charge in [0.05, 0.1) is 17.6 Å². The number of aromatic nitrogens is 2. The van der Waals surface area contributed by atoms with Gasteiger partial charge in [0.2, 0.25) is 0 Å². The molecular weight excluding hydrogens is 472 g/mol. The molecule has 0 aliphatic rings. The van der Waals surface area contributed by atoms with Crippen molar-refractivity contribution in [1.29, 1.82) is 0 Å². The van der Waals surface area contributed by atoms with E-state index in [0.717, 1.165) is 39.4 Å². The van der Waals surface area contributed by atoms with Gasteiger partial charge in [-0.15, -0.1) is 0 Å². The number of ether oxygens (including phenoxy) is 1. The predicted molar refractivity (Wildman–Crippen MR) is 151 cm³/mol. The molecule has 0 aliphatic carbocycles. The number of benzene rings is 4. The average Bonchev–Trinajstić information content (AvgIpc) is 3.39. The first-order valence-electron chi connectivity index (χ1n) is 12.4. The molecule has 0 spiro atoms. The lowest BCUT2D eigenvalue weighted by Gasteiger charge is -2.08. The molecule has 4 aromatic carbocycles. The van der Waals surface area contributed by atoms with Crippen LogP contribution in [0.1, 0.15) is 32.7 Å². The van der Waals surface area contributed by atoms with Gasteiger partial charge in [-0.25, -0.2) is 10.1 Å². The molecule has 5 aromatic rings. The maximum absolute atomic E-state index is 12.9. The van der Waals surface area contributed by atoms with E-state index in [-0.39, 0.29) is 11.6 Å². The van der Waals surface area contributed by atoms with Gasteiger partial charge in [-0.1, -0.05) is 72.3 Å². The summed E-state index contributed by atoms with van der Waals surface area (Å²) in [5.74, 6) is 0.379. The number of carbonyl (C=O) groups excluding carboxylic acids is 1. The summed E-state index contributed by atoms with van der Waals surface area (Å²) in [5, 5.41) is 8.75. The van der Waals surface area contributed by atoms with Crippen molar-refractivity contribution in [3.63, 3.8) is 0 Å². The number of hydrazone groups is 1. The van der Waals surface area contributed by atoms with Gasteiger partial charge in [-0.2, -0.15) is 10.2 Å². The van der Waals surface area contributed by atoms with Crippen molar-refractivity contribution < 1.29 is 9.53 Å². The summed E-state index contributed by atoms with van der Waals surface area (Å²) < 4.78 is 7.62. The Morgan fingerprint density at radius 3 is 2.37 bits per heavy atom. The van der Waals surface area contributed by atoms with Crippen LogP contribution in [0, 0.1) is 13.8 Å². The van der Waals surface area contributed by atoms with E-state index in [1.165, 1.54) is 5.56 Å². The quantitative estimate of drug-likeness (QED) is 0.195. The van der Waals surface area contributed by atoms with Gasteiger partial charge < -0.3 is 4.74 Å². The van der Waals surface area contributed by atoms with E-state index in [1.807, 2.05) is 117 Å². The third-order valence-electron chi connectivity index (χ3n) is 6.04. The van der Waals surface area contributed by atoms with Gasteiger partial charge >= 0.3 is 0 Å². The standard InChI is InChI=1S/C32H28N4O2/c1-23-11-15-27(16-12-23)31-20-30(35-36(31)28-10-6-7-24(2)19-28)32(37)34-33-21-25-13-17-29(18-14-25)38-22-26-8-4-3-5-9-26/h3-21H,22H2,1-2H3,(H,34,37)/b33-21-. The molecule has 0 saturated heterocycles. The Kier molecular flexibility index (Phi) is 7.41. The Labute approximate surface area is 222 Å². The molecule has 0 fully saturated rings. The van der Waals surface area contributed by atoms with E-state index in [2.05, 4.69) is 15.6 Å². The van der Waals surface area contributed by atoms with Gasteiger partial charge in [0.1, 0.15) is 12.4 Å². The number of hydrogen-bond donors (Lipinski definition) is 1. The summed E-state index contributed by atoms with van der Waals surface area (Å²) in [5.41, 5.74) is 9.79. The highest BCUT2D eigenvalue weighted by molar-refractivity contribution is 5.94. The summed E-state index contributed by atoms with van der Waals surface area (Å²) in [4.78, 5) is 12.9. The fourth-order valence-electron chi connectivity index (χ4n) is 3.99. The third kappa shape index (κ3) is 6.05. The minimum atomic E-state index is -0.385. The molecule has 6 heteroatoms. The van der Waals surface area contributed by atoms with Crippen molar-refractivity contribution in [2.75, 3.05) is 0 Å². The number of hydrogen-bond acceptors (Lipinski definition) is 4. The van der Waals surface area contributed by atoms with Gasteiger partial charge in [0, 0.05) is 5.56 Å². The van der Waals surface area contributed by atoms with Crippen LogP contribution < -0.4 is 10.2 Å². The third-order valence-corrected chi connectivity index (χ3v) is 6.04. The maximum atomic E-state index is 12.9. The molecule has 5 rings (SSSR count). The molecule has 1 aromatic heterocycles. The number of amides is 1. The van der Waals surface area contributed by atoms with Crippen LogP contribution in [0.15, 0.2) is 114 Å². The molecule has 1 heterocycles. The second kappa shape index (κ2) is 11.4. The average molecular weight is 501 g/mol. The van der Waals surface area contributed by atoms with Crippen LogP contribution in [0.5, 0.6) is 5.75 Å². The first-order valence-corrected chi connectivity index (χ1v) is 12.4. The predicted octanol–water partition coefficient (Wildman–Crippen LogP) is 6.50. The number of nitrogens with one attached hydrogen (secondary N) is 1. The fraction of sp³-hybridized carbons (Fsp3) is 0.0938. The van der Waals surface area contributed by atoms with Crippen LogP contribution in [0.4, 0.5) is 0 Å². The summed E-state index contributed by atoms with van der Waals surface area (Å²) in [6.07, 6.45) is 1.59. The molecule has 188 valence electrons. The second-order valence-corrected chi connectivity index (χ2v) is 9.07. The Hall–Kier alpha value is -4.97. The molecule has 0 bridgehead atoms. The number of nitrogens with zero attached hydrogens (tertiary/aromatic N) is 3. The molecule has 38 heavy (non-hydrogen) atoms. The summed E-state index contributed by atoms with van der Waals surface area (Å²) in [6, 6.07) is 35.5. The van der Waals surface area contributed by atoms with Crippen molar-refractivity contribution in [1.82, 2.24) is 15.2 Å². The van der Waals surface area contributed by atoms with E-state index < -0.39 is 0 Å². The van der Waals surface area contributed by atoms with Gasteiger partial charge in [0.15, 0.2) is 5.69 Å². The first-order chi connectivity index (χ1) is 18.5. The van der Waals surface area contributed by atoms with E-state index in [9.17, 15) is 4.79 Å². The lowest BCUT2D eigenvalue weighted by molar-refractivity contribution is 0.0949. The van der Waals surface area contributed by atoms with Crippen molar-refractivity contribution in [3.8, 4) is 22.7 Å². The zero-order valence-corrected chi connectivity index (χ0v) is 21.3. The van der Waals surface area contributed by atoms with Gasteiger partial charge in [-0.3, -0.25) is 4.79 Å². The van der Waals surface area contributed by atoms with E-state index >= 15 is 0 Å². The van der Waals surface area contributed by atoms with Gasteiger partial charge in [0.25, 0.3) is 5.91 Å². The summed E-state index contributed by atoms with van der Waals surface area (Å²) in [6.45, 7) is 4.58.